The van der Waals surface area contributed by atoms with Gasteiger partial charge >= 0.3 is 0 Å². The Morgan fingerprint density at radius 2 is 1.81 bits per heavy atom. The summed E-state index contributed by atoms with van der Waals surface area (Å²) < 4.78 is 10.1. The fourth-order valence-corrected chi connectivity index (χ4v) is 5.35. The number of H-pyrrole nitrogens is 1. The van der Waals surface area contributed by atoms with E-state index in [9.17, 15) is 9.59 Å². The lowest BCUT2D eigenvalue weighted by Crippen LogP contribution is -2.35. The molecule has 10 heteroatoms. The van der Waals surface area contributed by atoms with Crippen LogP contribution in [0.4, 0.5) is 5.69 Å². The van der Waals surface area contributed by atoms with Crippen LogP contribution in [0.3, 0.4) is 0 Å². The summed E-state index contributed by atoms with van der Waals surface area (Å²) in [5.74, 6) is 0.152. The number of benzene rings is 1. The largest absolute Gasteiger partial charge is 0.480 e. The van der Waals surface area contributed by atoms with Crippen molar-refractivity contribution in [2.24, 2.45) is 0 Å². The summed E-state index contributed by atoms with van der Waals surface area (Å²) in [6.07, 6.45) is 10.2. The lowest BCUT2D eigenvalue weighted by atomic mass is 9.94. The lowest BCUT2D eigenvalue weighted by molar-refractivity contribution is 0.0950. The quantitative estimate of drug-likeness (QED) is 0.284. The Hall–Kier alpha value is -3.76. The van der Waals surface area contributed by atoms with Crippen LogP contribution < -0.4 is 20.9 Å². The number of hydrogen-bond donors (Lipinski definition) is 3. The first-order valence-electron chi connectivity index (χ1n) is 15.1. The van der Waals surface area contributed by atoms with Gasteiger partial charge < -0.3 is 30.0 Å². The molecule has 0 atom stereocenters. The number of methoxy groups -OCH3 is 2. The Morgan fingerprint density at radius 3 is 2.42 bits per heavy atom. The van der Waals surface area contributed by atoms with Crippen molar-refractivity contribution in [2.45, 2.75) is 72.4 Å². The summed E-state index contributed by atoms with van der Waals surface area (Å²) in [7, 11) is 5.52. The Morgan fingerprint density at radius 1 is 1.07 bits per heavy atom. The van der Waals surface area contributed by atoms with E-state index < -0.39 is 0 Å². The van der Waals surface area contributed by atoms with Gasteiger partial charge in [-0.3, -0.25) is 9.59 Å². The van der Waals surface area contributed by atoms with Crippen LogP contribution in [0.1, 0.15) is 71.8 Å². The fraction of sp³-hybridized carbons (Fsp3) is 0.515. The van der Waals surface area contributed by atoms with Gasteiger partial charge in [0.15, 0.2) is 0 Å². The average Bonchev–Trinajstić information content (AvgIpc) is 3.01. The molecule has 0 spiro atoms. The third-order valence-corrected chi connectivity index (χ3v) is 7.92. The summed E-state index contributed by atoms with van der Waals surface area (Å²) in [4.78, 5) is 39.1. The van der Waals surface area contributed by atoms with Gasteiger partial charge in [0, 0.05) is 60.9 Å². The molecule has 1 fully saturated rings. The van der Waals surface area contributed by atoms with E-state index in [0.29, 0.717) is 29.2 Å². The molecule has 4 rings (SSSR count). The van der Waals surface area contributed by atoms with Crippen LogP contribution in [0.15, 0.2) is 35.4 Å². The molecule has 0 aliphatic heterocycles. The fourth-order valence-electron chi connectivity index (χ4n) is 5.35. The number of likely N-dealkylation sites (N-methyl/N-ethyl adjacent to an activating group) is 1. The second-order valence-corrected chi connectivity index (χ2v) is 11.1. The van der Waals surface area contributed by atoms with E-state index in [0.717, 1.165) is 47.3 Å². The number of aromatic amines is 1. The number of aromatic nitrogens is 3. The maximum Gasteiger partial charge on any atom is 0.253 e. The van der Waals surface area contributed by atoms with Crippen LogP contribution in [0.25, 0.3) is 11.3 Å². The molecule has 3 aromatic rings. The van der Waals surface area contributed by atoms with E-state index in [4.69, 9.17) is 9.47 Å². The van der Waals surface area contributed by atoms with Crippen molar-refractivity contribution < 1.29 is 14.3 Å². The second kappa shape index (κ2) is 16.8. The number of aryl methyl sites for hydroxylation is 2. The first-order valence-corrected chi connectivity index (χ1v) is 15.1. The number of carbonyl (C=O) groups is 1. The summed E-state index contributed by atoms with van der Waals surface area (Å²) in [6.45, 7) is 10.4. The number of nitrogens with one attached hydrogen (secondary N) is 3. The normalized spacial score (nSPS) is 13.3. The standard InChI is InChI=1S/C23H27N5O3.C10H21NO/c1-6-24-19-9-16(20-11-26-21(31-5)12-25-20)8-17(15(19)4)22(29)27-10-18-13(2)7-14(3)28-23(18)30;1-11(8-9-12-2)10-6-4-3-5-7-10/h7-9,11-12,24H,6,10H2,1-5H3,(H,27,29)(H,28,30);10H,3-9H2,1-2H3. The maximum atomic E-state index is 13.1. The van der Waals surface area contributed by atoms with Gasteiger partial charge in [-0.25, -0.2) is 9.97 Å². The van der Waals surface area contributed by atoms with Gasteiger partial charge in [-0.1, -0.05) is 19.3 Å². The van der Waals surface area contributed by atoms with E-state index >= 15 is 0 Å². The minimum Gasteiger partial charge on any atom is -0.480 e. The molecule has 1 saturated carbocycles. The summed E-state index contributed by atoms with van der Waals surface area (Å²) >= 11 is 0. The van der Waals surface area contributed by atoms with Crippen molar-refractivity contribution in [1.82, 2.24) is 25.2 Å². The van der Waals surface area contributed by atoms with Crippen molar-refractivity contribution in [3.63, 3.8) is 0 Å². The van der Waals surface area contributed by atoms with Crippen LogP contribution in [0.2, 0.25) is 0 Å². The van der Waals surface area contributed by atoms with Gasteiger partial charge in [0.1, 0.15) is 0 Å². The highest BCUT2D eigenvalue weighted by Gasteiger charge is 2.18. The zero-order chi connectivity index (χ0) is 31.4. The SMILES string of the molecule is CCNc1cc(-c2cnc(OC)cn2)cc(C(=O)NCc2c(C)cc(C)[nH]c2=O)c1C.COCCN(C)C1CCCCC1. The van der Waals surface area contributed by atoms with Crippen molar-refractivity contribution in [2.75, 3.05) is 46.3 Å². The smallest absolute Gasteiger partial charge is 0.253 e. The van der Waals surface area contributed by atoms with E-state index in [1.165, 1.54) is 45.4 Å². The minimum atomic E-state index is -0.264. The van der Waals surface area contributed by atoms with Gasteiger partial charge in [0.25, 0.3) is 11.5 Å². The summed E-state index contributed by atoms with van der Waals surface area (Å²) in [6, 6.07) is 6.45. The Balaban J connectivity index is 0.000000353. The molecule has 2 heterocycles. The first-order chi connectivity index (χ1) is 20.7. The van der Waals surface area contributed by atoms with Gasteiger partial charge in [-0.15, -0.1) is 0 Å². The van der Waals surface area contributed by atoms with Gasteiger partial charge in [-0.05, 0) is 76.9 Å². The predicted molar refractivity (Wildman–Crippen MR) is 172 cm³/mol. The number of amides is 1. The monoisotopic (exact) mass is 592 g/mol. The van der Waals surface area contributed by atoms with Crippen LogP contribution in [-0.4, -0.2) is 72.8 Å². The zero-order valence-electron chi connectivity index (χ0n) is 26.8. The molecule has 234 valence electrons. The lowest BCUT2D eigenvalue weighted by Gasteiger charge is -2.30. The molecule has 0 unspecified atom stereocenters. The van der Waals surface area contributed by atoms with E-state index in [2.05, 4.69) is 37.5 Å². The number of rotatable bonds is 11. The van der Waals surface area contributed by atoms with E-state index in [-0.39, 0.29) is 18.0 Å². The minimum absolute atomic E-state index is 0.142. The van der Waals surface area contributed by atoms with Crippen LogP contribution in [-0.2, 0) is 11.3 Å². The summed E-state index contributed by atoms with van der Waals surface area (Å²) in [5.41, 5.74) is 5.53. The Bertz CT molecular complexity index is 1380. The molecule has 0 bridgehead atoms. The van der Waals surface area contributed by atoms with Gasteiger partial charge in [-0.2, -0.15) is 0 Å². The van der Waals surface area contributed by atoms with Gasteiger partial charge in [0.2, 0.25) is 5.88 Å². The molecule has 1 aliphatic rings. The van der Waals surface area contributed by atoms with Crippen LogP contribution in [0.5, 0.6) is 5.88 Å². The molecule has 43 heavy (non-hydrogen) atoms. The van der Waals surface area contributed by atoms with Crippen molar-refractivity contribution in [3.8, 4) is 17.1 Å². The molecule has 10 nitrogen and oxygen atoms in total. The maximum absolute atomic E-state index is 13.1. The van der Waals surface area contributed by atoms with Crippen molar-refractivity contribution in [3.05, 3.63) is 68.9 Å². The predicted octanol–water partition coefficient (Wildman–Crippen LogP) is 5.02. The number of anilines is 1. The molecule has 1 aliphatic carbocycles. The Labute approximate surface area is 255 Å². The number of ether oxygens (including phenoxy) is 2. The summed E-state index contributed by atoms with van der Waals surface area (Å²) in [5, 5.41) is 6.17. The molecule has 1 aromatic carbocycles. The molecular formula is C33H48N6O4. The van der Waals surface area contributed by atoms with Crippen molar-refractivity contribution >= 4 is 11.6 Å². The highest BCUT2D eigenvalue weighted by molar-refractivity contribution is 5.98. The number of hydrogen-bond acceptors (Lipinski definition) is 8. The van der Waals surface area contributed by atoms with Crippen LogP contribution in [0, 0.1) is 20.8 Å². The number of carbonyl (C=O) groups excluding carboxylic acids is 1. The van der Waals surface area contributed by atoms with Gasteiger partial charge in [0.05, 0.1) is 31.8 Å². The average molecular weight is 593 g/mol. The van der Waals surface area contributed by atoms with Crippen molar-refractivity contribution in [1.29, 1.82) is 0 Å². The van der Waals surface area contributed by atoms with Crippen LogP contribution >= 0.6 is 0 Å². The van der Waals surface area contributed by atoms with E-state index in [1.807, 2.05) is 39.8 Å². The molecular weight excluding hydrogens is 544 g/mol. The molecule has 3 N–H and O–H groups in total. The zero-order valence-corrected chi connectivity index (χ0v) is 26.8. The second-order valence-electron chi connectivity index (χ2n) is 11.1. The Kier molecular flexibility index (Phi) is 13.2. The molecule has 0 saturated heterocycles. The molecule has 2 aromatic heterocycles. The third-order valence-electron chi connectivity index (χ3n) is 7.92. The number of pyridine rings is 1. The van der Waals surface area contributed by atoms with E-state index in [1.54, 1.807) is 19.4 Å². The number of nitrogens with zero attached hydrogens (tertiary/aromatic N) is 3. The highest BCUT2D eigenvalue weighted by atomic mass is 16.5. The third kappa shape index (κ3) is 9.62. The highest BCUT2D eigenvalue weighted by Crippen LogP contribution is 2.28. The molecule has 0 radical (unpaired) electrons. The first kappa shape index (κ1) is 33.7. The molecule has 1 amide bonds. The topological polar surface area (TPSA) is 121 Å².